The van der Waals surface area contributed by atoms with Crippen molar-refractivity contribution in [1.29, 1.82) is 0 Å². The highest BCUT2D eigenvalue weighted by molar-refractivity contribution is 6.00. The summed E-state index contributed by atoms with van der Waals surface area (Å²) >= 11 is 0. The third-order valence-corrected chi connectivity index (χ3v) is 8.71. The molecule has 0 radical (unpaired) electrons. The van der Waals surface area contributed by atoms with Gasteiger partial charge in [-0.3, -0.25) is 9.59 Å². The van der Waals surface area contributed by atoms with E-state index in [2.05, 4.69) is 19.9 Å². The third kappa shape index (κ3) is 4.30. The monoisotopic (exact) mass is 559 g/mol. The standard InChI is InChI=1S/C30H27F2N5O4/c1-40-28(39)25-17-6-7-18(25)14-36(13-17)30-33-11-19(12-34-30)16-8-9-24-35-26-22(38)10-21(27(26)37(24)15-16)20-4-2-3-5-23(20)41-29(31)32/h2-5,8-9,11-12,15,17-18,21,25,29H,6-7,10,13-14H2,1H3/t17-,18+,21-,25+/m1/s1. The molecule has 7 rings (SSSR count). The van der Waals surface area contributed by atoms with Gasteiger partial charge in [-0.05, 0) is 42.9 Å². The van der Waals surface area contributed by atoms with Crippen molar-refractivity contribution in [2.75, 3.05) is 25.1 Å². The first kappa shape index (κ1) is 25.6. The van der Waals surface area contributed by atoms with Gasteiger partial charge in [-0.25, -0.2) is 15.0 Å². The second-order valence-electron chi connectivity index (χ2n) is 10.9. The summed E-state index contributed by atoms with van der Waals surface area (Å²) in [5.41, 5.74) is 3.71. The molecule has 9 nitrogen and oxygen atoms in total. The SMILES string of the molecule is COC(=O)[C@H]1[C@@H]2CC[C@H]1CN(c1ncc(-c3ccc4nc5c(n4c3)[C@@H](c3ccccc3OC(F)F)CC5=O)cn1)C2. The van der Waals surface area contributed by atoms with Gasteiger partial charge in [0.2, 0.25) is 5.95 Å². The fourth-order valence-corrected chi connectivity index (χ4v) is 6.92. The lowest BCUT2D eigenvalue weighted by molar-refractivity contribution is -0.148. The van der Waals surface area contributed by atoms with Crippen LogP contribution in [0.3, 0.4) is 0 Å². The van der Waals surface area contributed by atoms with Crippen LogP contribution in [0.2, 0.25) is 0 Å². The summed E-state index contributed by atoms with van der Waals surface area (Å²) in [5, 5.41) is 0. The van der Waals surface area contributed by atoms with Crippen LogP contribution in [0.5, 0.6) is 5.75 Å². The number of hydrogen-bond acceptors (Lipinski definition) is 8. The van der Waals surface area contributed by atoms with Gasteiger partial charge < -0.3 is 18.8 Å². The van der Waals surface area contributed by atoms with E-state index in [1.165, 1.54) is 13.2 Å². The summed E-state index contributed by atoms with van der Waals surface area (Å²) in [7, 11) is 1.45. The number of para-hydroxylation sites is 1. The molecular weight excluding hydrogens is 532 g/mol. The number of pyridine rings is 1. The molecule has 1 aromatic carbocycles. The molecule has 2 aliphatic carbocycles. The lowest BCUT2D eigenvalue weighted by Gasteiger charge is -2.36. The van der Waals surface area contributed by atoms with E-state index in [9.17, 15) is 18.4 Å². The predicted molar refractivity (Wildman–Crippen MR) is 144 cm³/mol. The van der Waals surface area contributed by atoms with Crippen LogP contribution in [0.15, 0.2) is 55.0 Å². The normalized spacial score (nSPS) is 23.3. The predicted octanol–water partition coefficient (Wildman–Crippen LogP) is 4.75. The molecule has 4 atom stereocenters. The van der Waals surface area contributed by atoms with Gasteiger partial charge in [-0.2, -0.15) is 8.78 Å². The van der Waals surface area contributed by atoms with Crippen molar-refractivity contribution in [3.05, 3.63) is 71.9 Å². The van der Waals surface area contributed by atoms with Crippen LogP contribution in [0, 0.1) is 17.8 Å². The number of nitrogens with zero attached hydrogens (tertiary/aromatic N) is 5. The average Bonchev–Trinajstić information content (AvgIpc) is 3.60. The molecule has 3 aliphatic rings. The van der Waals surface area contributed by atoms with Crippen LogP contribution in [0.4, 0.5) is 14.7 Å². The smallest absolute Gasteiger partial charge is 0.387 e. The molecule has 1 saturated carbocycles. The molecule has 11 heteroatoms. The first-order valence-corrected chi connectivity index (χ1v) is 13.7. The van der Waals surface area contributed by atoms with E-state index in [1.54, 1.807) is 30.6 Å². The molecule has 2 fully saturated rings. The Labute approximate surface area is 234 Å². The molecule has 4 aromatic rings. The van der Waals surface area contributed by atoms with Gasteiger partial charge in [0.15, 0.2) is 5.78 Å². The maximum Gasteiger partial charge on any atom is 0.387 e. The molecule has 1 saturated heterocycles. The van der Waals surface area contributed by atoms with Gasteiger partial charge in [-0.15, -0.1) is 0 Å². The molecule has 2 bridgehead atoms. The first-order chi connectivity index (χ1) is 19.9. The van der Waals surface area contributed by atoms with Gasteiger partial charge in [-0.1, -0.05) is 18.2 Å². The number of benzene rings is 1. The summed E-state index contributed by atoms with van der Waals surface area (Å²) < 4.78 is 37.9. The van der Waals surface area contributed by atoms with E-state index >= 15 is 0 Å². The molecule has 0 amide bonds. The molecular formula is C30H27F2N5O4. The lowest BCUT2D eigenvalue weighted by atomic mass is 9.85. The average molecular weight is 560 g/mol. The Kier molecular flexibility index (Phi) is 6.17. The highest BCUT2D eigenvalue weighted by Gasteiger charge is 2.47. The number of halogens is 2. The van der Waals surface area contributed by atoms with Gasteiger partial charge in [0.25, 0.3) is 0 Å². The van der Waals surface area contributed by atoms with Crippen LogP contribution in [-0.4, -0.2) is 57.9 Å². The number of imidazole rings is 1. The summed E-state index contributed by atoms with van der Waals surface area (Å²) in [4.78, 5) is 41.2. The van der Waals surface area contributed by atoms with Gasteiger partial charge in [0.1, 0.15) is 17.1 Å². The number of Topliss-reactive ketones (excluding diaryl/α,β-unsaturated/α-hetero) is 1. The molecule has 210 valence electrons. The van der Waals surface area contributed by atoms with Gasteiger partial charge in [0.05, 0.1) is 18.7 Å². The van der Waals surface area contributed by atoms with Crippen LogP contribution < -0.4 is 9.64 Å². The maximum absolute atomic E-state index is 13.1. The van der Waals surface area contributed by atoms with Gasteiger partial charge in [0, 0.05) is 60.7 Å². The van der Waals surface area contributed by atoms with Crippen molar-refractivity contribution in [3.8, 4) is 16.9 Å². The lowest BCUT2D eigenvalue weighted by Crippen LogP contribution is -2.45. The summed E-state index contributed by atoms with van der Waals surface area (Å²) in [6.45, 7) is -1.54. The minimum Gasteiger partial charge on any atom is -0.469 e. The largest absolute Gasteiger partial charge is 0.469 e. The summed E-state index contributed by atoms with van der Waals surface area (Å²) in [6, 6.07) is 10.3. The maximum atomic E-state index is 13.1. The number of hydrogen-bond donors (Lipinski definition) is 0. The van der Waals surface area contributed by atoms with E-state index in [0.717, 1.165) is 37.1 Å². The number of carbonyl (C=O) groups excluding carboxylic acids is 2. The number of alkyl halides is 2. The Balaban J connectivity index is 1.18. The number of methoxy groups -OCH3 is 1. The Bertz CT molecular complexity index is 1640. The number of ketones is 1. The van der Waals surface area contributed by atoms with Gasteiger partial charge >= 0.3 is 12.6 Å². The zero-order chi connectivity index (χ0) is 28.2. The number of fused-ring (bicyclic) bond motifs is 5. The summed E-state index contributed by atoms with van der Waals surface area (Å²) in [5.74, 6) is 0.364. The van der Waals surface area contributed by atoms with Crippen molar-refractivity contribution >= 4 is 23.3 Å². The third-order valence-electron chi connectivity index (χ3n) is 8.71. The number of rotatable bonds is 6. The number of esters is 1. The topological polar surface area (TPSA) is 98.9 Å². The Morgan fingerprint density at radius 3 is 2.46 bits per heavy atom. The molecule has 0 N–H and O–H groups in total. The van der Waals surface area contributed by atoms with Crippen molar-refractivity contribution in [2.24, 2.45) is 17.8 Å². The summed E-state index contributed by atoms with van der Waals surface area (Å²) in [6.07, 6.45) is 7.53. The first-order valence-electron chi connectivity index (χ1n) is 13.7. The second kappa shape index (κ2) is 9.90. The number of piperidine rings is 1. The van der Waals surface area contributed by atoms with Crippen molar-refractivity contribution in [3.63, 3.8) is 0 Å². The molecule has 4 heterocycles. The highest BCUT2D eigenvalue weighted by Crippen LogP contribution is 2.44. The van der Waals surface area contributed by atoms with E-state index < -0.39 is 12.5 Å². The molecule has 1 aliphatic heterocycles. The number of aromatic nitrogens is 4. The molecule has 41 heavy (non-hydrogen) atoms. The van der Waals surface area contributed by atoms with E-state index in [4.69, 9.17) is 9.47 Å². The zero-order valence-corrected chi connectivity index (χ0v) is 22.2. The van der Waals surface area contributed by atoms with Crippen LogP contribution in [0.1, 0.15) is 46.9 Å². The van der Waals surface area contributed by atoms with Crippen LogP contribution in [0.25, 0.3) is 16.8 Å². The van der Waals surface area contributed by atoms with Crippen molar-refractivity contribution in [1.82, 2.24) is 19.4 Å². The molecule has 0 spiro atoms. The molecule has 0 unspecified atom stereocenters. The Morgan fingerprint density at radius 1 is 1.02 bits per heavy atom. The Hall–Kier alpha value is -4.41. The molecule has 3 aromatic heterocycles. The van der Waals surface area contributed by atoms with Crippen molar-refractivity contribution in [2.45, 2.75) is 31.8 Å². The highest BCUT2D eigenvalue weighted by atomic mass is 19.3. The van der Waals surface area contributed by atoms with Crippen molar-refractivity contribution < 1.29 is 27.8 Å². The minimum atomic E-state index is -2.97. The number of ether oxygens (including phenoxy) is 2. The van der Waals surface area contributed by atoms with E-state index in [0.29, 0.717) is 28.5 Å². The zero-order valence-electron chi connectivity index (χ0n) is 22.2. The van der Waals surface area contributed by atoms with Crippen LogP contribution in [-0.2, 0) is 9.53 Å². The second-order valence-corrected chi connectivity index (χ2v) is 10.9. The van der Waals surface area contributed by atoms with E-state index in [-0.39, 0.29) is 41.7 Å². The fourth-order valence-electron chi connectivity index (χ4n) is 6.92. The Morgan fingerprint density at radius 2 is 1.76 bits per heavy atom. The van der Waals surface area contributed by atoms with E-state index in [1.807, 2.05) is 22.7 Å². The van der Waals surface area contributed by atoms with Crippen LogP contribution >= 0.6 is 0 Å². The minimum absolute atomic E-state index is 0.0484. The number of anilines is 1. The fraction of sp³-hybridized carbons (Fsp3) is 0.367. The quantitative estimate of drug-likeness (QED) is 0.312. The number of carbonyl (C=O) groups is 2.